The molecule has 1 aromatic heterocycles. The summed E-state index contributed by atoms with van der Waals surface area (Å²) in [7, 11) is 0. The van der Waals surface area contributed by atoms with Crippen molar-refractivity contribution in [2.24, 2.45) is 5.73 Å². The molecule has 2 nitrogen and oxygen atoms in total. The fraction of sp³-hybridized carbons (Fsp3) is 0.467. The van der Waals surface area contributed by atoms with Gasteiger partial charge >= 0.3 is 0 Å². The number of fused-ring (bicyclic) bond motifs is 1. The molecule has 2 N–H and O–H groups in total. The SMILES string of the molecule is CSCCCn1cc(CC(C)N)c2ccccc21. The van der Waals surface area contributed by atoms with Crippen LogP contribution < -0.4 is 5.73 Å². The fourth-order valence-corrected chi connectivity index (χ4v) is 2.81. The number of aryl methyl sites for hydroxylation is 1. The van der Waals surface area contributed by atoms with Crippen molar-refractivity contribution in [3.05, 3.63) is 36.0 Å². The molecule has 0 bridgehead atoms. The second kappa shape index (κ2) is 6.30. The number of benzene rings is 1. The Labute approximate surface area is 114 Å². The van der Waals surface area contributed by atoms with E-state index in [2.05, 4.69) is 48.2 Å². The van der Waals surface area contributed by atoms with Crippen LogP contribution in [0.3, 0.4) is 0 Å². The lowest BCUT2D eigenvalue weighted by atomic mass is 10.1. The van der Waals surface area contributed by atoms with Crippen LogP contribution in [-0.2, 0) is 13.0 Å². The van der Waals surface area contributed by atoms with Crippen molar-refractivity contribution in [3.63, 3.8) is 0 Å². The number of nitrogens with zero attached hydrogens (tertiary/aromatic N) is 1. The molecule has 0 aliphatic carbocycles. The van der Waals surface area contributed by atoms with Gasteiger partial charge in [0.15, 0.2) is 0 Å². The van der Waals surface area contributed by atoms with Crippen LogP contribution >= 0.6 is 11.8 Å². The lowest BCUT2D eigenvalue weighted by molar-refractivity contribution is 0.697. The largest absolute Gasteiger partial charge is 0.347 e. The molecule has 0 spiro atoms. The van der Waals surface area contributed by atoms with Gasteiger partial charge in [0.25, 0.3) is 0 Å². The van der Waals surface area contributed by atoms with Crippen molar-refractivity contribution in [1.82, 2.24) is 4.57 Å². The molecule has 2 aromatic rings. The molecule has 0 radical (unpaired) electrons. The number of aromatic nitrogens is 1. The van der Waals surface area contributed by atoms with Crippen molar-refractivity contribution < 1.29 is 0 Å². The molecule has 98 valence electrons. The number of hydrogen-bond donors (Lipinski definition) is 1. The van der Waals surface area contributed by atoms with E-state index in [0.717, 1.165) is 13.0 Å². The minimum Gasteiger partial charge on any atom is -0.347 e. The first kappa shape index (κ1) is 13.5. The molecule has 1 unspecified atom stereocenters. The van der Waals surface area contributed by atoms with Crippen molar-refractivity contribution in [2.75, 3.05) is 12.0 Å². The zero-order valence-corrected chi connectivity index (χ0v) is 12.0. The van der Waals surface area contributed by atoms with E-state index < -0.39 is 0 Å². The summed E-state index contributed by atoms with van der Waals surface area (Å²) in [5.74, 6) is 1.22. The maximum Gasteiger partial charge on any atom is 0.0483 e. The molecule has 0 aliphatic rings. The van der Waals surface area contributed by atoms with Crippen LogP contribution in [0.4, 0.5) is 0 Å². The highest BCUT2D eigenvalue weighted by Gasteiger charge is 2.09. The molecule has 1 atom stereocenters. The van der Waals surface area contributed by atoms with E-state index in [9.17, 15) is 0 Å². The van der Waals surface area contributed by atoms with Gasteiger partial charge in [-0.25, -0.2) is 0 Å². The lowest BCUT2D eigenvalue weighted by Gasteiger charge is -2.03. The van der Waals surface area contributed by atoms with E-state index in [4.69, 9.17) is 5.73 Å². The third-order valence-electron chi connectivity index (χ3n) is 3.16. The zero-order chi connectivity index (χ0) is 13.0. The zero-order valence-electron chi connectivity index (χ0n) is 11.2. The average molecular weight is 262 g/mol. The number of thioether (sulfide) groups is 1. The Kier molecular flexibility index (Phi) is 4.72. The molecule has 0 fully saturated rings. The summed E-state index contributed by atoms with van der Waals surface area (Å²) in [6.45, 7) is 3.17. The molecular weight excluding hydrogens is 240 g/mol. The first-order valence-corrected chi connectivity index (χ1v) is 7.93. The maximum absolute atomic E-state index is 5.93. The van der Waals surface area contributed by atoms with Gasteiger partial charge in [-0.2, -0.15) is 11.8 Å². The Morgan fingerprint density at radius 3 is 2.83 bits per heavy atom. The van der Waals surface area contributed by atoms with Crippen molar-refractivity contribution in [1.29, 1.82) is 0 Å². The topological polar surface area (TPSA) is 30.9 Å². The Hall–Kier alpha value is -0.930. The van der Waals surface area contributed by atoms with Crippen LogP contribution in [0.25, 0.3) is 10.9 Å². The van der Waals surface area contributed by atoms with E-state index in [0.29, 0.717) is 0 Å². The van der Waals surface area contributed by atoms with Crippen molar-refractivity contribution in [2.45, 2.75) is 32.4 Å². The molecule has 1 heterocycles. The van der Waals surface area contributed by atoms with Crippen LogP contribution in [0.2, 0.25) is 0 Å². The monoisotopic (exact) mass is 262 g/mol. The quantitative estimate of drug-likeness (QED) is 0.810. The normalized spacial score (nSPS) is 13.1. The van der Waals surface area contributed by atoms with Crippen LogP contribution in [-0.4, -0.2) is 22.6 Å². The summed E-state index contributed by atoms with van der Waals surface area (Å²) in [6.07, 6.45) is 6.62. The van der Waals surface area contributed by atoms with Gasteiger partial charge in [-0.1, -0.05) is 18.2 Å². The van der Waals surface area contributed by atoms with Gasteiger partial charge in [-0.15, -0.1) is 0 Å². The summed E-state index contributed by atoms with van der Waals surface area (Å²) in [5.41, 5.74) is 8.66. The number of nitrogens with two attached hydrogens (primary N) is 1. The predicted octanol–water partition coefficient (Wildman–Crippen LogP) is 3.28. The molecule has 18 heavy (non-hydrogen) atoms. The maximum atomic E-state index is 5.93. The van der Waals surface area contributed by atoms with E-state index >= 15 is 0 Å². The number of rotatable bonds is 6. The van der Waals surface area contributed by atoms with Gasteiger partial charge < -0.3 is 10.3 Å². The van der Waals surface area contributed by atoms with E-state index in [-0.39, 0.29) is 6.04 Å². The van der Waals surface area contributed by atoms with E-state index in [1.165, 1.54) is 28.6 Å². The summed E-state index contributed by atoms with van der Waals surface area (Å²) >= 11 is 1.91. The number of hydrogen-bond acceptors (Lipinski definition) is 2. The minimum atomic E-state index is 0.218. The van der Waals surface area contributed by atoms with E-state index in [1.54, 1.807) is 0 Å². The smallest absolute Gasteiger partial charge is 0.0483 e. The highest BCUT2D eigenvalue weighted by molar-refractivity contribution is 7.98. The second-order valence-electron chi connectivity index (χ2n) is 4.89. The van der Waals surface area contributed by atoms with Gasteiger partial charge in [0.1, 0.15) is 0 Å². The third kappa shape index (κ3) is 3.09. The Bertz CT molecular complexity index is 502. The summed E-state index contributed by atoms with van der Waals surface area (Å²) in [6, 6.07) is 8.86. The highest BCUT2D eigenvalue weighted by Crippen LogP contribution is 2.22. The van der Waals surface area contributed by atoms with E-state index in [1.807, 2.05) is 11.8 Å². The Balaban J connectivity index is 2.29. The Morgan fingerprint density at radius 1 is 1.33 bits per heavy atom. The van der Waals surface area contributed by atoms with Gasteiger partial charge in [0, 0.05) is 29.7 Å². The lowest BCUT2D eigenvalue weighted by Crippen LogP contribution is -2.17. The molecule has 2 rings (SSSR count). The van der Waals surface area contributed by atoms with Gasteiger partial charge in [-0.3, -0.25) is 0 Å². The highest BCUT2D eigenvalue weighted by atomic mass is 32.2. The van der Waals surface area contributed by atoms with Crippen LogP contribution in [0.5, 0.6) is 0 Å². The molecular formula is C15H22N2S. The van der Waals surface area contributed by atoms with Gasteiger partial charge in [0.2, 0.25) is 0 Å². The summed E-state index contributed by atoms with van der Waals surface area (Å²) < 4.78 is 2.38. The van der Waals surface area contributed by atoms with Crippen LogP contribution in [0, 0.1) is 0 Å². The number of para-hydroxylation sites is 1. The predicted molar refractivity (Wildman–Crippen MR) is 82.3 cm³/mol. The van der Waals surface area contributed by atoms with Crippen molar-refractivity contribution in [3.8, 4) is 0 Å². The minimum absolute atomic E-state index is 0.218. The first-order chi connectivity index (χ1) is 8.72. The molecule has 3 heteroatoms. The Morgan fingerprint density at radius 2 is 2.11 bits per heavy atom. The summed E-state index contributed by atoms with van der Waals surface area (Å²) in [4.78, 5) is 0. The molecule has 0 aliphatic heterocycles. The van der Waals surface area contributed by atoms with Crippen LogP contribution in [0.1, 0.15) is 18.9 Å². The molecule has 0 saturated carbocycles. The molecule has 1 aromatic carbocycles. The van der Waals surface area contributed by atoms with Crippen LogP contribution in [0.15, 0.2) is 30.5 Å². The van der Waals surface area contributed by atoms with Gasteiger partial charge in [-0.05, 0) is 43.4 Å². The fourth-order valence-electron chi connectivity index (χ4n) is 2.40. The molecule has 0 saturated heterocycles. The standard InChI is InChI=1S/C15H22N2S/c1-12(16)10-13-11-17(8-5-9-18-2)15-7-4-3-6-14(13)15/h3-4,6-7,11-12H,5,8-10,16H2,1-2H3. The first-order valence-electron chi connectivity index (χ1n) is 6.53. The summed E-state index contributed by atoms with van der Waals surface area (Å²) in [5, 5.41) is 1.36. The second-order valence-corrected chi connectivity index (χ2v) is 5.88. The van der Waals surface area contributed by atoms with Gasteiger partial charge in [0.05, 0.1) is 0 Å². The third-order valence-corrected chi connectivity index (χ3v) is 3.86. The van der Waals surface area contributed by atoms with Crippen molar-refractivity contribution >= 4 is 22.7 Å². The molecule has 0 amide bonds. The average Bonchev–Trinajstić information content (AvgIpc) is 2.68.